The van der Waals surface area contributed by atoms with Crippen molar-refractivity contribution in [2.45, 2.75) is 83.1 Å². The summed E-state index contributed by atoms with van der Waals surface area (Å²) in [5, 5.41) is 8.35. The van der Waals surface area contributed by atoms with Gasteiger partial charge in [-0.1, -0.05) is 86.6 Å². The molecule has 3 saturated carbocycles. The summed E-state index contributed by atoms with van der Waals surface area (Å²) in [5.74, 6) is 0.167. The zero-order chi connectivity index (χ0) is 29.6. The van der Waals surface area contributed by atoms with Crippen LogP contribution in [-0.4, -0.2) is 48.7 Å². The van der Waals surface area contributed by atoms with E-state index in [2.05, 4.69) is 61.4 Å². The molecule has 1 heterocycles. The second kappa shape index (κ2) is 12.2. The molecular formula is C34H43BClN3O4. The maximum atomic E-state index is 13.5. The van der Waals surface area contributed by atoms with Gasteiger partial charge in [0.05, 0.1) is 17.6 Å². The topological polar surface area (TPSA) is 104 Å². The van der Waals surface area contributed by atoms with Gasteiger partial charge >= 0.3 is 7.12 Å². The molecule has 7 atom stereocenters. The number of carbonyl (C=O) groups excluding carboxylic acids is 2. The van der Waals surface area contributed by atoms with Crippen molar-refractivity contribution in [1.82, 2.24) is 10.6 Å². The summed E-state index contributed by atoms with van der Waals surface area (Å²) in [7, 11) is -0.560. The summed E-state index contributed by atoms with van der Waals surface area (Å²) in [4.78, 5) is 26.5. The van der Waals surface area contributed by atoms with Gasteiger partial charge in [-0.05, 0) is 72.3 Å². The number of benzene rings is 3. The molecule has 2 bridgehead atoms. The summed E-state index contributed by atoms with van der Waals surface area (Å²) in [6.45, 7) is 8.58. The second-order valence-corrected chi connectivity index (χ2v) is 13.5. The SMILES string of the molecule is C[C@H](NC(=O)[C@H]([NH3+])Cc1ccc2ccccc2c1)C(=O)N[C@@H](Cc1ccccc1)B1O[C@H]2C[C@H]3C[C@H](C3(C)C)[C@@]2(C)O1.[Cl-]. The van der Waals surface area contributed by atoms with Crippen LogP contribution in [0.1, 0.15) is 51.7 Å². The number of fused-ring (bicyclic) bond motifs is 1. The van der Waals surface area contributed by atoms with Crippen LogP contribution in [0.4, 0.5) is 0 Å². The van der Waals surface area contributed by atoms with Crippen molar-refractivity contribution in [2.24, 2.45) is 17.3 Å². The number of rotatable bonds is 9. The van der Waals surface area contributed by atoms with Gasteiger partial charge in [0.25, 0.3) is 5.91 Å². The monoisotopic (exact) mass is 603 g/mol. The van der Waals surface area contributed by atoms with Crippen molar-refractivity contribution in [3.63, 3.8) is 0 Å². The number of halogens is 1. The normalized spacial score (nSPS) is 27.2. The van der Waals surface area contributed by atoms with Crippen molar-refractivity contribution in [1.29, 1.82) is 0 Å². The number of hydrogen-bond donors (Lipinski definition) is 3. The van der Waals surface area contributed by atoms with Crippen LogP contribution in [0, 0.1) is 17.3 Å². The van der Waals surface area contributed by atoms with Gasteiger partial charge in [-0.15, -0.1) is 0 Å². The molecule has 1 saturated heterocycles. The van der Waals surface area contributed by atoms with E-state index in [1.54, 1.807) is 6.92 Å². The van der Waals surface area contributed by atoms with E-state index in [1.807, 2.05) is 48.5 Å². The quantitative estimate of drug-likeness (QED) is 0.310. The summed E-state index contributed by atoms with van der Waals surface area (Å²) in [6, 6.07) is 23.1. The Hall–Kier alpha value is -2.91. The Morgan fingerprint density at radius 3 is 2.33 bits per heavy atom. The van der Waals surface area contributed by atoms with E-state index in [-0.39, 0.29) is 41.3 Å². The molecule has 7 nitrogen and oxygen atoms in total. The molecule has 4 aliphatic rings. The molecule has 3 aromatic carbocycles. The largest absolute Gasteiger partial charge is 1.00 e. The smallest absolute Gasteiger partial charge is 0.482 e. The Morgan fingerprint density at radius 1 is 0.907 bits per heavy atom. The summed E-state index contributed by atoms with van der Waals surface area (Å²) in [6.07, 6.45) is 3.23. The highest BCUT2D eigenvalue weighted by molar-refractivity contribution is 6.48. The van der Waals surface area contributed by atoms with Crippen molar-refractivity contribution in [3.8, 4) is 0 Å². The first-order valence-electron chi connectivity index (χ1n) is 15.3. The minimum atomic E-state index is -0.734. The second-order valence-electron chi connectivity index (χ2n) is 13.5. The number of amides is 2. The van der Waals surface area contributed by atoms with E-state index < -0.39 is 25.1 Å². The van der Waals surface area contributed by atoms with Crippen LogP contribution in [-0.2, 0) is 31.7 Å². The molecule has 0 spiro atoms. The first-order valence-corrected chi connectivity index (χ1v) is 15.3. The molecular weight excluding hydrogens is 561 g/mol. The van der Waals surface area contributed by atoms with Gasteiger partial charge in [-0.25, -0.2) is 0 Å². The Labute approximate surface area is 261 Å². The van der Waals surface area contributed by atoms with Gasteiger partial charge in [-0.3, -0.25) is 9.59 Å². The van der Waals surface area contributed by atoms with Gasteiger partial charge in [0.2, 0.25) is 5.91 Å². The third-order valence-electron chi connectivity index (χ3n) is 10.3. The third kappa shape index (κ3) is 6.08. The fraction of sp³-hybridized carbons (Fsp3) is 0.471. The van der Waals surface area contributed by atoms with Crippen LogP contribution < -0.4 is 28.8 Å². The fourth-order valence-electron chi connectivity index (χ4n) is 7.60. The Kier molecular flexibility index (Phi) is 8.97. The standard InChI is InChI=1S/C34H42BN3O4.ClH/c1-21(37-32(40)27(36)17-23-14-15-24-12-8-9-13-25(24)16-23)31(39)38-30(18-22-10-6-5-7-11-22)35-41-29-20-26-19-28(33(26,2)3)34(29,4)42-35;/h5-16,21,26-30H,17-20,36H2,1-4H3,(H,37,40)(H,38,39);1H/t21-,26+,27+,28+,29-,30-,34+;/m0./s1. The third-order valence-corrected chi connectivity index (χ3v) is 10.3. The number of hydrogen-bond acceptors (Lipinski definition) is 4. The lowest BCUT2D eigenvalue weighted by atomic mass is 9.43. The van der Waals surface area contributed by atoms with Crippen LogP contribution in [0.5, 0.6) is 0 Å². The molecule has 228 valence electrons. The zero-order valence-electron chi connectivity index (χ0n) is 25.5. The van der Waals surface area contributed by atoms with E-state index >= 15 is 0 Å². The minimum Gasteiger partial charge on any atom is -1.00 e. The maximum Gasteiger partial charge on any atom is 0.482 e. The highest BCUT2D eigenvalue weighted by Gasteiger charge is 2.68. The molecule has 3 aliphatic carbocycles. The van der Waals surface area contributed by atoms with E-state index in [1.165, 1.54) is 6.42 Å². The predicted octanol–water partition coefficient (Wildman–Crippen LogP) is 0.497. The van der Waals surface area contributed by atoms with Crippen molar-refractivity contribution in [3.05, 3.63) is 83.9 Å². The van der Waals surface area contributed by atoms with E-state index in [0.29, 0.717) is 24.7 Å². The molecule has 0 aromatic heterocycles. The Balaban J connectivity index is 0.00000368. The average molecular weight is 604 g/mol. The summed E-state index contributed by atoms with van der Waals surface area (Å²) >= 11 is 0. The Bertz CT molecular complexity index is 1470. The molecule has 2 amide bonds. The van der Waals surface area contributed by atoms with Gasteiger partial charge < -0.3 is 38.1 Å². The lowest BCUT2D eigenvalue weighted by Gasteiger charge is -2.64. The van der Waals surface area contributed by atoms with Gasteiger partial charge in [-0.2, -0.15) is 0 Å². The molecule has 1 aliphatic heterocycles. The van der Waals surface area contributed by atoms with Crippen molar-refractivity contribution < 1.29 is 37.0 Å². The molecule has 43 heavy (non-hydrogen) atoms. The predicted molar refractivity (Wildman–Crippen MR) is 164 cm³/mol. The fourth-order valence-corrected chi connectivity index (χ4v) is 7.60. The zero-order valence-corrected chi connectivity index (χ0v) is 26.3. The molecule has 9 heteroatoms. The van der Waals surface area contributed by atoms with Crippen LogP contribution in [0.15, 0.2) is 72.8 Å². The number of nitrogens with one attached hydrogen (secondary N) is 2. The highest BCUT2D eigenvalue weighted by Crippen LogP contribution is 2.65. The van der Waals surface area contributed by atoms with Crippen LogP contribution in [0.2, 0.25) is 0 Å². The molecule has 5 N–H and O–H groups in total. The molecule has 3 aromatic rings. The molecule has 4 fully saturated rings. The molecule has 0 radical (unpaired) electrons. The lowest BCUT2D eigenvalue weighted by Crippen LogP contribution is -3.00. The molecule has 7 rings (SSSR count). The average Bonchev–Trinajstić information content (AvgIpc) is 3.34. The molecule has 0 unspecified atom stereocenters. The highest BCUT2D eigenvalue weighted by atomic mass is 35.5. The van der Waals surface area contributed by atoms with Crippen LogP contribution in [0.25, 0.3) is 10.8 Å². The van der Waals surface area contributed by atoms with Crippen LogP contribution in [0.3, 0.4) is 0 Å². The number of quaternary nitrogens is 1. The van der Waals surface area contributed by atoms with E-state index in [9.17, 15) is 9.59 Å². The van der Waals surface area contributed by atoms with Gasteiger partial charge in [0, 0.05) is 6.42 Å². The maximum absolute atomic E-state index is 13.5. The lowest BCUT2D eigenvalue weighted by molar-refractivity contribution is -0.403. The van der Waals surface area contributed by atoms with Crippen molar-refractivity contribution >= 4 is 29.7 Å². The van der Waals surface area contributed by atoms with Gasteiger partial charge in [0.1, 0.15) is 6.04 Å². The first-order chi connectivity index (χ1) is 20.0. The van der Waals surface area contributed by atoms with E-state index in [4.69, 9.17) is 9.31 Å². The van der Waals surface area contributed by atoms with Gasteiger partial charge in [0.15, 0.2) is 6.04 Å². The summed E-state index contributed by atoms with van der Waals surface area (Å²) in [5.41, 5.74) is 6.08. The van der Waals surface area contributed by atoms with E-state index in [0.717, 1.165) is 28.3 Å². The summed E-state index contributed by atoms with van der Waals surface area (Å²) < 4.78 is 13.3. The number of carbonyl (C=O) groups is 2. The van der Waals surface area contributed by atoms with Crippen LogP contribution >= 0.6 is 0 Å². The first kappa shape index (κ1) is 31.5. The minimum absolute atomic E-state index is 0. The Morgan fingerprint density at radius 2 is 1.60 bits per heavy atom. The van der Waals surface area contributed by atoms with Crippen molar-refractivity contribution in [2.75, 3.05) is 0 Å².